The van der Waals surface area contributed by atoms with E-state index in [-0.39, 0.29) is 5.41 Å². The van der Waals surface area contributed by atoms with Crippen LogP contribution in [0.4, 0.5) is 5.13 Å². The first-order valence-corrected chi connectivity index (χ1v) is 8.04. The fourth-order valence-electron chi connectivity index (χ4n) is 2.43. The van der Waals surface area contributed by atoms with Crippen LogP contribution in [0.3, 0.4) is 0 Å². The molecule has 0 spiro atoms. The number of nitrogens with zero attached hydrogens (tertiary/aromatic N) is 2. The lowest BCUT2D eigenvalue weighted by Gasteiger charge is -2.24. The zero-order valence-corrected chi connectivity index (χ0v) is 13.9. The molecule has 1 aromatic rings. The summed E-state index contributed by atoms with van der Waals surface area (Å²) >= 11 is 1.84. The summed E-state index contributed by atoms with van der Waals surface area (Å²) in [4.78, 5) is 8.68. The molecule has 19 heavy (non-hydrogen) atoms. The van der Waals surface area contributed by atoms with Crippen LogP contribution in [0.25, 0.3) is 0 Å². The van der Waals surface area contributed by atoms with E-state index in [1.165, 1.54) is 28.5 Å². The molecule has 2 rings (SSSR count). The van der Waals surface area contributed by atoms with Crippen LogP contribution in [0.1, 0.15) is 51.1 Å². The highest BCUT2D eigenvalue weighted by atomic mass is 32.1. The fourth-order valence-corrected chi connectivity index (χ4v) is 3.76. The summed E-state index contributed by atoms with van der Waals surface area (Å²) in [6.45, 7) is 9.98. The summed E-state index contributed by atoms with van der Waals surface area (Å²) in [5.41, 5.74) is 1.36. The zero-order chi connectivity index (χ0) is 14.2. The van der Waals surface area contributed by atoms with Gasteiger partial charge in [-0.1, -0.05) is 20.8 Å². The summed E-state index contributed by atoms with van der Waals surface area (Å²) in [6, 6.07) is 0.612. The van der Waals surface area contributed by atoms with Crippen molar-refractivity contribution in [2.75, 3.05) is 19.0 Å². The Bertz CT molecular complexity index is 429. The number of nitrogens with one attached hydrogen (secondary N) is 1. The quantitative estimate of drug-likeness (QED) is 0.896. The zero-order valence-electron chi connectivity index (χ0n) is 13.1. The molecule has 0 saturated heterocycles. The first kappa shape index (κ1) is 14.8. The minimum Gasteiger partial charge on any atom is -0.348 e. The number of rotatable bonds is 5. The van der Waals surface area contributed by atoms with E-state index in [0.29, 0.717) is 6.04 Å². The minimum atomic E-state index is 0.116. The van der Waals surface area contributed by atoms with E-state index >= 15 is 0 Å². The van der Waals surface area contributed by atoms with Crippen LogP contribution in [-0.4, -0.2) is 25.1 Å². The maximum atomic E-state index is 4.94. The largest absolute Gasteiger partial charge is 0.348 e. The third-order valence-corrected chi connectivity index (χ3v) is 5.10. The Kier molecular flexibility index (Phi) is 4.21. The Morgan fingerprint density at radius 2 is 2.05 bits per heavy atom. The molecule has 1 N–H and O–H groups in total. The van der Waals surface area contributed by atoms with Gasteiger partial charge in [0.25, 0.3) is 0 Å². The number of anilines is 1. The molecule has 1 atom stereocenters. The molecule has 108 valence electrons. The van der Waals surface area contributed by atoms with Crippen molar-refractivity contribution in [3.8, 4) is 0 Å². The van der Waals surface area contributed by atoms with E-state index in [1.807, 2.05) is 18.4 Å². The summed E-state index contributed by atoms with van der Waals surface area (Å²) in [5, 5.41) is 4.44. The maximum absolute atomic E-state index is 4.94. The van der Waals surface area contributed by atoms with E-state index in [2.05, 4.69) is 45.0 Å². The van der Waals surface area contributed by atoms with Gasteiger partial charge in [-0.3, -0.25) is 0 Å². The van der Waals surface area contributed by atoms with Crippen molar-refractivity contribution in [3.63, 3.8) is 0 Å². The predicted octanol–water partition coefficient (Wildman–Crippen LogP) is 3.39. The highest BCUT2D eigenvalue weighted by Gasteiger charge is 2.32. The van der Waals surface area contributed by atoms with E-state index in [9.17, 15) is 0 Å². The molecule has 1 heterocycles. The van der Waals surface area contributed by atoms with Gasteiger partial charge in [0.2, 0.25) is 0 Å². The smallest absolute Gasteiger partial charge is 0.185 e. The molecule has 0 aliphatic heterocycles. The summed E-state index contributed by atoms with van der Waals surface area (Å²) in [5.74, 6) is 0.875. The van der Waals surface area contributed by atoms with Crippen molar-refractivity contribution in [2.24, 2.45) is 5.92 Å². The van der Waals surface area contributed by atoms with Crippen molar-refractivity contribution in [1.29, 1.82) is 0 Å². The van der Waals surface area contributed by atoms with Gasteiger partial charge in [-0.05, 0) is 32.7 Å². The predicted molar refractivity (Wildman–Crippen MR) is 84.2 cm³/mol. The first-order valence-electron chi connectivity index (χ1n) is 7.22. The molecule has 1 aromatic heterocycles. The summed E-state index contributed by atoms with van der Waals surface area (Å²) in [7, 11) is 4.19. The van der Waals surface area contributed by atoms with Gasteiger partial charge in [-0.25, -0.2) is 4.98 Å². The summed E-state index contributed by atoms with van der Waals surface area (Å²) < 4.78 is 0. The van der Waals surface area contributed by atoms with Crippen LogP contribution in [0.2, 0.25) is 0 Å². The van der Waals surface area contributed by atoms with Crippen molar-refractivity contribution in [2.45, 2.75) is 58.5 Å². The van der Waals surface area contributed by atoms with Crippen molar-refractivity contribution in [1.82, 2.24) is 10.3 Å². The van der Waals surface area contributed by atoms with Gasteiger partial charge in [0.15, 0.2) is 5.13 Å². The van der Waals surface area contributed by atoms with Crippen molar-refractivity contribution in [3.05, 3.63) is 10.6 Å². The number of hydrogen-bond donors (Lipinski definition) is 1. The van der Waals surface area contributed by atoms with Crippen LogP contribution in [0.15, 0.2) is 0 Å². The molecule has 0 bridgehead atoms. The second-order valence-electron chi connectivity index (χ2n) is 6.74. The molecule has 1 aliphatic rings. The minimum absolute atomic E-state index is 0.116. The monoisotopic (exact) mass is 281 g/mol. The fraction of sp³-hybridized carbons (Fsp3) is 0.800. The molecule has 4 heteroatoms. The van der Waals surface area contributed by atoms with Crippen molar-refractivity contribution < 1.29 is 0 Å². The normalized spacial score (nSPS) is 17.6. The lowest BCUT2D eigenvalue weighted by atomic mass is 9.91. The van der Waals surface area contributed by atoms with Crippen LogP contribution in [-0.2, 0) is 12.0 Å². The highest BCUT2D eigenvalue weighted by Crippen LogP contribution is 2.39. The molecule has 0 radical (unpaired) electrons. The van der Waals surface area contributed by atoms with Gasteiger partial charge >= 0.3 is 0 Å². The van der Waals surface area contributed by atoms with Crippen LogP contribution >= 0.6 is 11.3 Å². The lowest BCUT2D eigenvalue weighted by molar-refractivity contribution is 0.559. The molecule has 1 fully saturated rings. The molecular weight excluding hydrogens is 254 g/mol. The Labute approximate surface area is 121 Å². The van der Waals surface area contributed by atoms with Crippen LogP contribution < -0.4 is 10.2 Å². The highest BCUT2D eigenvalue weighted by molar-refractivity contribution is 7.15. The standard InChI is InChI=1S/C15H27N3S/c1-10(11-7-8-11)18(6)14-17-13(15(2,3)4)12(19-14)9-16-5/h10-11,16H,7-9H2,1-6H3. The van der Waals surface area contributed by atoms with Gasteiger partial charge in [-0.15, -0.1) is 11.3 Å². The molecule has 3 nitrogen and oxygen atoms in total. The van der Waals surface area contributed by atoms with Gasteiger partial charge in [-0.2, -0.15) is 0 Å². The Hall–Kier alpha value is -0.610. The van der Waals surface area contributed by atoms with Crippen molar-refractivity contribution >= 4 is 16.5 Å². The second-order valence-corrected chi connectivity index (χ2v) is 7.80. The lowest BCUT2D eigenvalue weighted by Crippen LogP contribution is -2.30. The van der Waals surface area contributed by atoms with Crippen LogP contribution in [0.5, 0.6) is 0 Å². The third-order valence-electron chi connectivity index (χ3n) is 3.95. The molecule has 0 aromatic carbocycles. The average molecular weight is 281 g/mol. The van der Waals surface area contributed by atoms with E-state index in [0.717, 1.165) is 12.5 Å². The maximum Gasteiger partial charge on any atom is 0.185 e. The molecular formula is C15H27N3S. The summed E-state index contributed by atoms with van der Waals surface area (Å²) in [6.07, 6.45) is 2.76. The third kappa shape index (κ3) is 3.29. The molecule has 0 amide bonds. The first-order chi connectivity index (χ1) is 8.84. The molecule has 1 aliphatic carbocycles. The second kappa shape index (κ2) is 5.41. The van der Waals surface area contributed by atoms with Gasteiger partial charge in [0.1, 0.15) is 0 Å². The van der Waals surface area contributed by atoms with E-state index in [4.69, 9.17) is 4.98 Å². The Morgan fingerprint density at radius 3 is 2.53 bits per heavy atom. The molecule has 1 saturated carbocycles. The Balaban J connectivity index is 2.25. The average Bonchev–Trinajstić information content (AvgIpc) is 3.07. The van der Waals surface area contributed by atoms with Crippen LogP contribution in [0, 0.1) is 5.92 Å². The van der Waals surface area contributed by atoms with Gasteiger partial charge in [0, 0.05) is 29.9 Å². The number of thiazole rings is 1. The van der Waals surface area contributed by atoms with Gasteiger partial charge < -0.3 is 10.2 Å². The number of aromatic nitrogens is 1. The van der Waals surface area contributed by atoms with Gasteiger partial charge in [0.05, 0.1) is 5.69 Å². The topological polar surface area (TPSA) is 28.2 Å². The SMILES string of the molecule is CNCc1sc(N(C)C(C)C2CC2)nc1C(C)(C)C. The number of hydrogen-bond acceptors (Lipinski definition) is 4. The Morgan fingerprint density at radius 1 is 1.42 bits per heavy atom. The van der Waals surface area contributed by atoms with E-state index < -0.39 is 0 Å². The van der Waals surface area contributed by atoms with E-state index in [1.54, 1.807) is 0 Å². The molecule has 1 unspecified atom stereocenters.